The summed E-state index contributed by atoms with van der Waals surface area (Å²) in [5, 5.41) is 9.10. The van der Waals surface area contributed by atoms with Crippen molar-refractivity contribution in [1.29, 1.82) is 0 Å². The number of esters is 1. The molecule has 0 radical (unpaired) electrons. The number of carbonyl (C=O) groups excluding carboxylic acids is 1. The van der Waals surface area contributed by atoms with Gasteiger partial charge < -0.3 is 24.1 Å². The number of ether oxygens (including phenoxy) is 4. The number of aliphatic hydroxyl groups excluding tert-OH is 1. The fourth-order valence-electron chi connectivity index (χ4n) is 5.50. The zero-order valence-corrected chi connectivity index (χ0v) is 19.0. The molecule has 6 nitrogen and oxygen atoms in total. The molecule has 0 amide bonds. The third-order valence-corrected chi connectivity index (χ3v) is 7.27. The maximum atomic E-state index is 11.9. The first-order chi connectivity index (χ1) is 14.5. The topological polar surface area (TPSA) is 74.2 Å². The number of hydrogen-bond acceptors (Lipinski definition) is 6. The van der Waals surface area contributed by atoms with Crippen molar-refractivity contribution in [2.24, 2.45) is 17.3 Å². The van der Waals surface area contributed by atoms with Crippen LogP contribution >= 0.6 is 0 Å². The minimum Gasteiger partial charge on any atom is -0.462 e. The second kappa shape index (κ2) is 11.8. The van der Waals surface area contributed by atoms with Crippen LogP contribution in [0.1, 0.15) is 84.5 Å². The van der Waals surface area contributed by atoms with E-state index in [0.717, 1.165) is 51.6 Å². The van der Waals surface area contributed by atoms with E-state index < -0.39 is 0 Å². The van der Waals surface area contributed by atoms with Gasteiger partial charge in [0.15, 0.2) is 6.29 Å². The Morgan fingerprint density at radius 1 is 1.23 bits per heavy atom. The summed E-state index contributed by atoms with van der Waals surface area (Å²) in [4.78, 5) is 11.9. The smallest absolute Gasteiger partial charge is 0.306 e. The zero-order valence-electron chi connectivity index (χ0n) is 19.0. The Bertz CT molecular complexity index is 508. The summed E-state index contributed by atoms with van der Waals surface area (Å²) >= 11 is 0. The minimum absolute atomic E-state index is 0.00748. The van der Waals surface area contributed by atoms with Crippen molar-refractivity contribution in [3.8, 4) is 0 Å². The molecule has 3 aliphatic rings. The van der Waals surface area contributed by atoms with Gasteiger partial charge in [-0.3, -0.25) is 4.79 Å². The normalized spacial score (nSPS) is 33.3. The van der Waals surface area contributed by atoms with Crippen molar-refractivity contribution < 1.29 is 28.8 Å². The van der Waals surface area contributed by atoms with Crippen molar-refractivity contribution in [2.45, 2.75) is 103 Å². The molecule has 0 bridgehead atoms. The monoisotopic (exact) mass is 426 g/mol. The molecule has 1 saturated carbocycles. The molecule has 0 spiro atoms. The molecule has 2 heterocycles. The fourth-order valence-corrected chi connectivity index (χ4v) is 5.50. The minimum atomic E-state index is -0.107. The van der Waals surface area contributed by atoms with Gasteiger partial charge in [0.25, 0.3) is 0 Å². The van der Waals surface area contributed by atoms with E-state index in [1.54, 1.807) is 0 Å². The Morgan fingerprint density at radius 2 is 2.10 bits per heavy atom. The SMILES string of the molecule is CCCCCC(C)(CCC1C(OC2CCCCO2)C[C@@H]2OC(=O)CC12)COCCO. The number of rotatable bonds is 13. The van der Waals surface area contributed by atoms with E-state index in [-0.39, 0.29) is 42.4 Å². The second-order valence-corrected chi connectivity index (χ2v) is 9.85. The molecular formula is C24H42O6. The molecule has 6 atom stereocenters. The molecule has 1 aliphatic carbocycles. The van der Waals surface area contributed by atoms with Crippen LogP contribution in [0.4, 0.5) is 0 Å². The van der Waals surface area contributed by atoms with Crippen LogP contribution < -0.4 is 0 Å². The lowest BCUT2D eigenvalue weighted by Gasteiger charge is -2.34. The van der Waals surface area contributed by atoms with Gasteiger partial charge in [-0.15, -0.1) is 0 Å². The van der Waals surface area contributed by atoms with Gasteiger partial charge in [0.2, 0.25) is 0 Å². The van der Waals surface area contributed by atoms with Crippen molar-refractivity contribution >= 4 is 5.97 Å². The average molecular weight is 427 g/mol. The molecule has 30 heavy (non-hydrogen) atoms. The number of carbonyl (C=O) groups is 1. The Morgan fingerprint density at radius 3 is 2.83 bits per heavy atom. The highest BCUT2D eigenvalue weighted by molar-refractivity contribution is 5.72. The predicted molar refractivity (Wildman–Crippen MR) is 114 cm³/mol. The molecule has 0 aromatic rings. The first kappa shape index (κ1) is 24.0. The lowest BCUT2D eigenvalue weighted by Crippen LogP contribution is -2.33. The second-order valence-electron chi connectivity index (χ2n) is 9.85. The summed E-state index contributed by atoms with van der Waals surface area (Å²) in [5.74, 6) is 0.541. The summed E-state index contributed by atoms with van der Waals surface area (Å²) in [6.07, 6.45) is 11.4. The first-order valence-electron chi connectivity index (χ1n) is 12.2. The average Bonchev–Trinajstić information content (AvgIpc) is 3.23. The number of unbranched alkanes of at least 4 members (excludes halogenated alkanes) is 2. The van der Waals surface area contributed by atoms with Crippen LogP contribution in [0.2, 0.25) is 0 Å². The first-order valence-corrected chi connectivity index (χ1v) is 12.2. The van der Waals surface area contributed by atoms with Crippen LogP contribution in [0.5, 0.6) is 0 Å². The highest BCUT2D eigenvalue weighted by atomic mass is 16.7. The van der Waals surface area contributed by atoms with Crippen molar-refractivity contribution in [2.75, 3.05) is 26.4 Å². The summed E-state index contributed by atoms with van der Waals surface area (Å²) < 4.78 is 23.6. The number of hydrogen-bond donors (Lipinski definition) is 1. The van der Waals surface area contributed by atoms with E-state index in [4.69, 9.17) is 24.1 Å². The predicted octanol–water partition coefficient (Wildman–Crippen LogP) is 4.23. The van der Waals surface area contributed by atoms with Crippen molar-refractivity contribution in [1.82, 2.24) is 0 Å². The summed E-state index contributed by atoms with van der Waals surface area (Å²) in [6.45, 7) is 6.44. The summed E-state index contributed by atoms with van der Waals surface area (Å²) in [6, 6.07) is 0. The largest absolute Gasteiger partial charge is 0.462 e. The van der Waals surface area contributed by atoms with Gasteiger partial charge in [0.1, 0.15) is 6.10 Å². The molecule has 3 fully saturated rings. The lowest BCUT2D eigenvalue weighted by molar-refractivity contribution is -0.198. The van der Waals surface area contributed by atoms with Crippen LogP contribution in [0.3, 0.4) is 0 Å². The van der Waals surface area contributed by atoms with E-state index in [1.165, 1.54) is 19.3 Å². The van der Waals surface area contributed by atoms with Crippen molar-refractivity contribution in [3.63, 3.8) is 0 Å². The zero-order chi connectivity index (χ0) is 21.4. The maximum Gasteiger partial charge on any atom is 0.306 e. The van der Waals surface area contributed by atoms with Crippen LogP contribution in [0.15, 0.2) is 0 Å². The van der Waals surface area contributed by atoms with Gasteiger partial charge in [-0.1, -0.05) is 33.1 Å². The van der Waals surface area contributed by atoms with Gasteiger partial charge in [0, 0.05) is 18.9 Å². The van der Waals surface area contributed by atoms with Gasteiger partial charge in [-0.05, 0) is 49.9 Å². The molecule has 2 saturated heterocycles. The molecular weight excluding hydrogens is 384 g/mol. The standard InChI is InChI=1S/C24H42O6/c1-3-4-6-10-24(2,17-27-14-12-25)11-9-18-19-15-22(26)29-21(19)16-20(18)30-23-8-5-7-13-28-23/h18-21,23,25H,3-17H2,1-2H3/t18?,19?,20?,21-,23?,24?/m0/s1. The van der Waals surface area contributed by atoms with Crippen LogP contribution in [0.25, 0.3) is 0 Å². The highest BCUT2D eigenvalue weighted by Crippen LogP contribution is 2.47. The van der Waals surface area contributed by atoms with E-state index in [1.807, 2.05) is 0 Å². The Hall–Kier alpha value is -0.690. The molecule has 3 rings (SSSR count). The van der Waals surface area contributed by atoms with Gasteiger partial charge in [-0.2, -0.15) is 0 Å². The lowest BCUT2D eigenvalue weighted by atomic mass is 9.76. The Kier molecular flexibility index (Phi) is 9.42. The van der Waals surface area contributed by atoms with Crippen molar-refractivity contribution in [3.05, 3.63) is 0 Å². The quantitative estimate of drug-likeness (QED) is 0.351. The highest BCUT2D eigenvalue weighted by Gasteiger charge is 2.51. The summed E-state index contributed by atoms with van der Waals surface area (Å²) in [5.41, 5.74) is 0.0811. The molecule has 0 aromatic heterocycles. The molecule has 1 N–H and O–H groups in total. The van der Waals surface area contributed by atoms with E-state index >= 15 is 0 Å². The van der Waals surface area contributed by atoms with E-state index in [9.17, 15) is 4.79 Å². The van der Waals surface area contributed by atoms with Gasteiger partial charge in [0.05, 0.1) is 32.3 Å². The molecule has 174 valence electrons. The number of aliphatic hydroxyl groups is 1. The molecule has 2 aliphatic heterocycles. The van der Waals surface area contributed by atoms with Crippen LogP contribution in [-0.4, -0.2) is 56.0 Å². The van der Waals surface area contributed by atoms with Crippen LogP contribution in [-0.2, 0) is 23.7 Å². The molecule has 5 unspecified atom stereocenters. The molecule has 0 aromatic carbocycles. The van der Waals surface area contributed by atoms with E-state index in [2.05, 4.69) is 13.8 Å². The molecule has 6 heteroatoms. The maximum absolute atomic E-state index is 11.9. The summed E-state index contributed by atoms with van der Waals surface area (Å²) in [7, 11) is 0. The third kappa shape index (κ3) is 6.65. The third-order valence-electron chi connectivity index (χ3n) is 7.27. The van der Waals surface area contributed by atoms with Crippen LogP contribution in [0, 0.1) is 17.3 Å². The van der Waals surface area contributed by atoms with E-state index in [0.29, 0.717) is 25.6 Å². The fraction of sp³-hybridized carbons (Fsp3) is 0.958. The van der Waals surface area contributed by atoms with Gasteiger partial charge >= 0.3 is 5.97 Å². The Labute approximate surface area is 182 Å². The number of fused-ring (bicyclic) bond motifs is 1. The van der Waals surface area contributed by atoms with Gasteiger partial charge in [-0.25, -0.2) is 0 Å². The Balaban J connectivity index is 1.61.